The van der Waals surface area contributed by atoms with Crippen LogP contribution < -0.4 is 0 Å². The van der Waals surface area contributed by atoms with Gasteiger partial charge >= 0.3 is 12.1 Å². The number of alkyl halides is 3. The normalized spacial score (nSPS) is 15.9. The Hall–Kier alpha value is -2.87. The molecule has 1 fully saturated rings. The number of hydrogen-bond donors (Lipinski definition) is 1. The topological polar surface area (TPSA) is 58.2 Å². The van der Waals surface area contributed by atoms with Gasteiger partial charge in [-0.1, -0.05) is 56.0 Å². The molecule has 0 atom stereocenters. The highest BCUT2D eigenvalue weighted by atomic mass is 19.4. The predicted molar refractivity (Wildman–Crippen MR) is 111 cm³/mol. The largest absolute Gasteiger partial charge is 0.492 e. The van der Waals surface area contributed by atoms with Gasteiger partial charge < -0.3 is 9.82 Å². The Bertz CT molecular complexity index is 1020. The van der Waals surface area contributed by atoms with E-state index in [1.54, 1.807) is 6.33 Å². The van der Waals surface area contributed by atoms with Crippen LogP contribution in [-0.2, 0) is 16.2 Å². The van der Waals surface area contributed by atoms with Gasteiger partial charge in [0.1, 0.15) is 0 Å². The van der Waals surface area contributed by atoms with Gasteiger partial charge in [0.05, 0.1) is 23.9 Å². The van der Waals surface area contributed by atoms with Crippen LogP contribution in [0.1, 0.15) is 44.1 Å². The number of carbonyl (C=O) groups is 1. The van der Waals surface area contributed by atoms with Crippen LogP contribution in [0.5, 0.6) is 0 Å². The number of aromatic nitrogens is 2. The Labute approximate surface area is 178 Å². The van der Waals surface area contributed by atoms with Gasteiger partial charge in [0.2, 0.25) is 0 Å². The standard InChI is InChI=1S/C23H24F3N3O2/c24-23(25,26)22(30)31-29(19-5-3-1-2-4-6-19)14-16-7-9-17(10-8-16)18-11-12-20-21(13-18)28-15-27-20/h7-13,15,19H,1-6,14H2,(H,27,28). The molecule has 0 bridgehead atoms. The van der Waals surface area contributed by atoms with Crippen LogP contribution in [0, 0.1) is 0 Å². The highest BCUT2D eigenvalue weighted by Gasteiger charge is 2.43. The van der Waals surface area contributed by atoms with E-state index in [1.807, 2.05) is 42.5 Å². The number of H-pyrrole nitrogens is 1. The smallest absolute Gasteiger partial charge is 0.360 e. The van der Waals surface area contributed by atoms with Crippen molar-refractivity contribution >= 4 is 17.0 Å². The molecule has 0 saturated heterocycles. The Morgan fingerprint density at radius 1 is 1.03 bits per heavy atom. The monoisotopic (exact) mass is 431 g/mol. The minimum absolute atomic E-state index is 0.116. The van der Waals surface area contributed by atoms with Gasteiger partial charge in [0.15, 0.2) is 0 Å². The summed E-state index contributed by atoms with van der Waals surface area (Å²) in [4.78, 5) is 23.7. The summed E-state index contributed by atoms with van der Waals surface area (Å²) in [7, 11) is 0. The number of fused-ring (bicyclic) bond motifs is 1. The molecule has 2 aromatic carbocycles. The molecule has 31 heavy (non-hydrogen) atoms. The zero-order valence-corrected chi connectivity index (χ0v) is 17.0. The number of benzene rings is 2. The molecular weight excluding hydrogens is 407 g/mol. The van der Waals surface area contributed by atoms with Gasteiger partial charge in [0.25, 0.3) is 0 Å². The van der Waals surface area contributed by atoms with Crippen LogP contribution >= 0.6 is 0 Å². The first-order valence-electron chi connectivity index (χ1n) is 10.5. The van der Waals surface area contributed by atoms with Gasteiger partial charge in [-0.05, 0) is 41.7 Å². The summed E-state index contributed by atoms with van der Waals surface area (Å²) in [6.45, 7) is 0.116. The van der Waals surface area contributed by atoms with Crippen molar-refractivity contribution in [2.45, 2.75) is 57.3 Å². The van der Waals surface area contributed by atoms with Crippen LogP contribution in [0.2, 0.25) is 0 Å². The molecule has 1 heterocycles. The van der Waals surface area contributed by atoms with E-state index in [4.69, 9.17) is 4.84 Å². The van der Waals surface area contributed by atoms with Crippen molar-refractivity contribution in [2.75, 3.05) is 0 Å². The third-order valence-corrected chi connectivity index (χ3v) is 5.71. The van der Waals surface area contributed by atoms with Gasteiger partial charge in [-0.15, -0.1) is 5.06 Å². The number of rotatable bonds is 5. The van der Waals surface area contributed by atoms with Crippen molar-refractivity contribution in [3.63, 3.8) is 0 Å². The first-order chi connectivity index (χ1) is 14.9. The lowest BCUT2D eigenvalue weighted by atomic mass is 10.0. The van der Waals surface area contributed by atoms with Crippen molar-refractivity contribution in [3.8, 4) is 11.1 Å². The SMILES string of the molecule is O=C(ON(Cc1ccc(-c2ccc3[nH]cnc3c2)cc1)C1CCCCCC1)C(F)(F)F. The molecule has 1 aliphatic rings. The predicted octanol–water partition coefficient (Wildman–Crippen LogP) is 5.78. The fourth-order valence-electron chi connectivity index (χ4n) is 4.03. The number of hydroxylamine groups is 2. The van der Waals surface area contributed by atoms with E-state index >= 15 is 0 Å². The number of nitrogens with one attached hydrogen (secondary N) is 1. The average Bonchev–Trinajstić information content (AvgIpc) is 3.05. The van der Waals surface area contributed by atoms with E-state index in [1.165, 1.54) is 5.06 Å². The third kappa shape index (κ3) is 5.25. The second-order valence-electron chi connectivity index (χ2n) is 7.93. The molecule has 1 aromatic heterocycles. The summed E-state index contributed by atoms with van der Waals surface area (Å²) >= 11 is 0. The summed E-state index contributed by atoms with van der Waals surface area (Å²) in [5.74, 6) is -2.17. The maximum absolute atomic E-state index is 12.8. The zero-order valence-electron chi connectivity index (χ0n) is 17.0. The highest BCUT2D eigenvalue weighted by molar-refractivity contribution is 5.81. The minimum atomic E-state index is -5.02. The number of hydrogen-bond acceptors (Lipinski definition) is 4. The number of halogens is 3. The molecule has 0 amide bonds. The maximum Gasteiger partial charge on any atom is 0.492 e. The Morgan fingerprint density at radius 2 is 1.71 bits per heavy atom. The zero-order chi connectivity index (χ0) is 21.8. The van der Waals surface area contributed by atoms with Crippen LogP contribution in [0.4, 0.5) is 13.2 Å². The van der Waals surface area contributed by atoms with Crippen LogP contribution in [0.15, 0.2) is 48.8 Å². The summed E-state index contributed by atoms with van der Waals surface area (Å²) in [6.07, 6.45) is 1.98. The Balaban J connectivity index is 1.51. The van der Waals surface area contributed by atoms with Crippen LogP contribution in [0.3, 0.4) is 0 Å². The lowest BCUT2D eigenvalue weighted by Crippen LogP contribution is -2.40. The molecule has 1 aliphatic carbocycles. The van der Waals surface area contributed by atoms with E-state index in [-0.39, 0.29) is 12.6 Å². The second kappa shape index (κ2) is 9.09. The number of carbonyl (C=O) groups excluding carboxylic acids is 1. The molecular formula is C23H24F3N3O2. The van der Waals surface area contributed by atoms with Crippen LogP contribution in [-0.4, -0.2) is 33.2 Å². The summed E-state index contributed by atoms with van der Waals surface area (Å²) in [6, 6.07) is 13.2. The molecule has 0 aliphatic heterocycles. The molecule has 1 N–H and O–H groups in total. The van der Waals surface area contributed by atoms with E-state index in [0.717, 1.165) is 53.4 Å². The van der Waals surface area contributed by atoms with Gasteiger partial charge in [-0.3, -0.25) is 0 Å². The van der Waals surface area contributed by atoms with E-state index in [9.17, 15) is 18.0 Å². The highest BCUT2D eigenvalue weighted by Crippen LogP contribution is 2.28. The van der Waals surface area contributed by atoms with Crippen molar-refractivity contribution in [1.82, 2.24) is 15.0 Å². The van der Waals surface area contributed by atoms with Crippen LogP contribution in [0.25, 0.3) is 22.2 Å². The van der Waals surface area contributed by atoms with Gasteiger partial charge in [-0.25, -0.2) is 9.78 Å². The van der Waals surface area contributed by atoms with Crippen molar-refractivity contribution < 1.29 is 22.8 Å². The van der Waals surface area contributed by atoms with Crippen molar-refractivity contribution in [2.24, 2.45) is 0 Å². The van der Waals surface area contributed by atoms with E-state index in [0.29, 0.717) is 12.8 Å². The molecule has 5 nitrogen and oxygen atoms in total. The maximum atomic E-state index is 12.8. The lowest BCUT2D eigenvalue weighted by Gasteiger charge is -2.29. The molecule has 0 unspecified atom stereocenters. The first-order valence-corrected chi connectivity index (χ1v) is 10.5. The molecule has 164 valence electrons. The van der Waals surface area contributed by atoms with E-state index < -0.39 is 12.1 Å². The molecule has 1 saturated carbocycles. The molecule has 8 heteroatoms. The first kappa shape index (κ1) is 21.4. The minimum Gasteiger partial charge on any atom is -0.360 e. The summed E-state index contributed by atoms with van der Waals surface area (Å²) in [5, 5.41) is 1.23. The van der Waals surface area contributed by atoms with E-state index in [2.05, 4.69) is 9.97 Å². The summed E-state index contributed by atoms with van der Waals surface area (Å²) < 4.78 is 38.4. The number of aromatic amines is 1. The fraction of sp³-hybridized carbons (Fsp3) is 0.391. The van der Waals surface area contributed by atoms with Gasteiger partial charge in [0, 0.05) is 6.04 Å². The summed E-state index contributed by atoms with van der Waals surface area (Å²) in [5.41, 5.74) is 4.56. The van der Waals surface area contributed by atoms with Crippen molar-refractivity contribution in [3.05, 3.63) is 54.4 Å². The molecule has 4 rings (SSSR count). The lowest BCUT2D eigenvalue weighted by molar-refractivity contribution is -0.250. The molecule has 0 radical (unpaired) electrons. The Kier molecular flexibility index (Phi) is 6.27. The second-order valence-corrected chi connectivity index (χ2v) is 7.93. The average molecular weight is 431 g/mol. The molecule has 0 spiro atoms. The Morgan fingerprint density at radius 3 is 2.39 bits per heavy atom. The van der Waals surface area contributed by atoms with Gasteiger partial charge in [-0.2, -0.15) is 13.2 Å². The number of imidazole rings is 1. The quantitative estimate of drug-likeness (QED) is 0.411. The van der Waals surface area contributed by atoms with Crippen molar-refractivity contribution in [1.29, 1.82) is 0 Å². The fourth-order valence-corrected chi connectivity index (χ4v) is 4.03. The number of nitrogens with zero attached hydrogens (tertiary/aromatic N) is 2. The third-order valence-electron chi connectivity index (χ3n) is 5.71. The molecule has 3 aromatic rings.